The molecule has 1 atom stereocenters. The van der Waals surface area contributed by atoms with Gasteiger partial charge < -0.3 is 14.4 Å². The van der Waals surface area contributed by atoms with E-state index in [1.54, 1.807) is 29.2 Å². The Kier molecular flexibility index (Phi) is 7.74. The third-order valence-corrected chi connectivity index (χ3v) is 6.84. The Hall–Kier alpha value is -3.07. The highest BCUT2D eigenvalue weighted by atomic mass is 32.2. The number of nitrogens with one attached hydrogen (secondary N) is 1. The van der Waals surface area contributed by atoms with Crippen LogP contribution in [-0.4, -0.2) is 51.5 Å². The summed E-state index contributed by atoms with van der Waals surface area (Å²) in [7, 11) is -2.53. The maximum Gasteiger partial charge on any atom is 0.338 e. The number of ether oxygens (including phenoxy) is 2. The van der Waals surface area contributed by atoms with Crippen molar-refractivity contribution in [3.05, 3.63) is 54.1 Å². The third kappa shape index (κ3) is 5.59. The Balaban J connectivity index is 1.68. The van der Waals surface area contributed by atoms with Crippen molar-refractivity contribution < 1.29 is 27.5 Å². The summed E-state index contributed by atoms with van der Waals surface area (Å²) in [5, 5.41) is 0. The van der Waals surface area contributed by atoms with E-state index >= 15 is 0 Å². The van der Waals surface area contributed by atoms with E-state index < -0.39 is 16.0 Å². The van der Waals surface area contributed by atoms with Gasteiger partial charge in [0.2, 0.25) is 0 Å². The predicted octanol–water partition coefficient (Wildman–Crippen LogP) is 3.44. The molecule has 1 amide bonds. The second-order valence-corrected chi connectivity index (χ2v) is 9.24. The zero-order valence-electron chi connectivity index (χ0n) is 18.2. The normalized spacial score (nSPS) is 16.3. The first kappa shape index (κ1) is 23.6. The fraction of sp³-hybridized carbons (Fsp3) is 0.391. The molecule has 0 aliphatic carbocycles. The number of esters is 1. The smallest absolute Gasteiger partial charge is 0.338 e. The molecular weight excluding hydrogens is 432 g/mol. The van der Waals surface area contributed by atoms with E-state index in [1.807, 2.05) is 6.92 Å². The maximum absolute atomic E-state index is 12.8. The van der Waals surface area contributed by atoms with E-state index in [1.165, 1.54) is 31.4 Å². The van der Waals surface area contributed by atoms with Gasteiger partial charge in [0.15, 0.2) is 6.61 Å². The minimum Gasteiger partial charge on any atom is -0.495 e. The van der Waals surface area contributed by atoms with Crippen LogP contribution in [-0.2, 0) is 19.6 Å². The van der Waals surface area contributed by atoms with Crippen molar-refractivity contribution in [2.45, 2.75) is 43.5 Å². The van der Waals surface area contributed by atoms with Crippen molar-refractivity contribution >= 4 is 27.6 Å². The van der Waals surface area contributed by atoms with E-state index in [0.717, 1.165) is 25.7 Å². The lowest BCUT2D eigenvalue weighted by atomic mass is 10.00. The summed E-state index contributed by atoms with van der Waals surface area (Å²) in [6.07, 6.45) is 3.84. The zero-order chi connectivity index (χ0) is 23.1. The van der Waals surface area contributed by atoms with Gasteiger partial charge in [0.25, 0.3) is 15.9 Å². The molecule has 2 aromatic carbocycles. The topological polar surface area (TPSA) is 102 Å². The maximum atomic E-state index is 12.8. The Labute approximate surface area is 188 Å². The van der Waals surface area contributed by atoms with Crippen LogP contribution >= 0.6 is 0 Å². The second-order valence-electron chi connectivity index (χ2n) is 7.55. The summed E-state index contributed by atoms with van der Waals surface area (Å²) >= 11 is 0. The lowest BCUT2D eigenvalue weighted by Gasteiger charge is -2.35. The van der Waals surface area contributed by atoms with Gasteiger partial charge in [-0.1, -0.05) is 25.1 Å². The molecule has 172 valence electrons. The van der Waals surface area contributed by atoms with Gasteiger partial charge in [-0.05, 0) is 56.0 Å². The first-order valence-corrected chi connectivity index (χ1v) is 12.1. The van der Waals surface area contributed by atoms with Crippen LogP contribution < -0.4 is 9.46 Å². The molecule has 1 saturated heterocycles. The summed E-state index contributed by atoms with van der Waals surface area (Å²) in [5.41, 5.74) is 0.326. The van der Waals surface area contributed by atoms with Crippen molar-refractivity contribution in [3.63, 3.8) is 0 Å². The number of benzene rings is 2. The van der Waals surface area contributed by atoms with E-state index in [-0.39, 0.29) is 34.7 Å². The van der Waals surface area contributed by atoms with Crippen LogP contribution in [0.2, 0.25) is 0 Å². The van der Waals surface area contributed by atoms with Crippen LogP contribution in [0.1, 0.15) is 43.0 Å². The van der Waals surface area contributed by atoms with Gasteiger partial charge in [-0.3, -0.25) is 9.52 Å². The Bertz CT molecular complexity index is 1070. The van der Waals surface area contributed by atoms with Crippen molar-refractivity contribution in [3.8, 4) is 5.75 Å². The molecule has 3 rings (SSSR count). The Morgan fingerprint density at radius 1 is 1.12 bits per heavy atom. The molecule has 2 aromatic rings. The summed E-state index contributed by atoms with van der Waals surface area (Å²) in [5.74, 6) is -0.613. The van der Waals surface area contributed by atoms with Crippen LogP contribution in [0.5, 0.6) is 5.75 Å². The first-order valence-electron chi connectivity index (χ1n) is 10.6. The van der Waals surface area contributed by atoms with Crippen LogP contribution in [0.3, 0.4) is 0 Å². The SMILES string of the molecule is CCC1CCCCN1C(=O)COC(=O)c1cccc(S(=O)(=O)Nc2ccccc2OC)c1. The summed E-state index contributed by atoms with van der Waals surface area (Å²) in [4.78, 5) is 26.7. The van der Waals surface area contributed by atoms with E-state index in [0.29, 0.717) is 12.3 Å². The minimum absolute atomic E-state index is 0.0476. The van der Waals surface area contributed by atoms with Crippen LogP contribution in [0.4, 0.5) is 5.69 Å². The quantitative estimate of drug-likeness (QED) is 0.606. The van der Waals surface area contributed by atoms with Crippen molar-refractivity contribution in [2.75, 3.05) is 25.0 Å². The summed E-state index contributed by atoms with van der Waals surface area (Å²) in [6, 6.07) is 12.3. The van der Waals surface area contributed by atoms with Gasteiger partial charge in [0, 0.05) is 12.6 Å². The lowest BCUT2D eigenvalue weighted by molar-refractivity contribution is -0.138. The molecule has 0 bridgehead atoms. The lowest BCUT2D eigenvalue weighted by Crippen LogP contribution is -2.45. The fourth-order valence-electron chi connectivity index (χ4n) is 3.77. The molecule has 1 fully saturated rings. The molecule has 0 saturated carbocycles. The molecule has 1 heterocycles. The number of rotatable bonds is 8. The largest absolute Gasteiger partial charge is 0.495 e. The average molecular weight is 461 g/mol. The molecule has 0 radical (unpaired) electrons. The van der Waals surface area contributed by atoms with E-state index in [9.17, 15) is 18.0 Å². The van der Waals surface area contributed by atoms with E-state index in [2.05, 4.69) is 4.72 Å². The first-order chi connectivity index (χ1) is 15.4. The number of anilines is 1. The number of carbonyl (C=O) groups is 2. The summed E-state index contributed by atoms with van der Waals surface area (Å²) in [6.45, 7) is 2.33. The highest BCUT2D eigenvalue weighted by Crippen LogP contribution is 2.26. The average Bonchev–Trinajstić information content (AvgIpc) is 2.82. The molecular formula is C23H28N2O6S. The van der Waals surface area contributed by atoms with Gasteiger partial charge >= 0.3 is 5.97 Å². The monoisotopic (exact) mass is 460 g/mol. The standard InChI is InChI=1S/C23H28N2O6S/c1-3-18-10-6-7-14-25(18)22(26)16-31-23(27)17-9-8-11-19(15-17)32(28,29)24-20-12-4-5-13-21(20)30-2/h4-5,8-9,11-13,15,18,24H,3,6-7,10,14,16H2,1-2H3. The minimum atomic E-state index is -3.97. The number of hydrogen-bond acceptors (Lipinski definition) is 6. The van der Waals surface area contributed by atoms with Gasteiger partial charge in [-0.15, -0.1) is 0 Å². The van der Waals surface area contributed by atoms with Crippen molar-refractivity contribution in [1.82, 2.24) is 4.90 Å². The number of nitrogens with zero attached hydrogens (tertiary/aromatic N) is 1. The van der Waals surface area contributed by atoms with Crippen molar-refractivity contribution in [1.29, 1.82) is 0 Å². The molecule has 1 aliphatic heterocycles. The number of likely N-dealkylation sites (tertiary alicyclic amines) is 1. The van der Waals surface area contributed by atoms with Gasteiger partial charge in [0.05, 0.1) is 23.3 Å². The highest BCUT2D eigenvalue weighted by molar-refractivity contribution is 7.92. The van der Waals surface area contributed by atoms with E-state index in [4.69, 9.17) is 9.47 Å². The van der Waals surface area contributed by atoms with Crippen LogP contribution in [0.25, 0.3) is 0 Å². The number of methoxy groups -OCH3 is 1. The molecule has 8 nitrogen and oxygen atoms in total. The Morgan fingerprint density at radius 3 is 2.66 bits per heavy atom. The highest BCUT2D eigenvalue weighted by Gasteiger charge is 2.26. The molecule has 32 heavy (non-hydrogen) atoms. The fourth-order valence-corrected chi connectivity index (χ4v) is 4.89. The van der Waals surface area contributed by atoms with Gasteiger partial charge in [-0.25, -0.2) is 13.2 Å². The molecule has 1 unspecified atom stereocenters. The van der Waals surface area contributed by atoms with Crippen LogP contribution in [0.15, 0.2) is 53.4 Å². The number of sulfonamides is 1. The molecule has 1 N–H and O–H groups in total. The molecule has 0 spiro atoms. The number of para-hydroxylation sites is 2. The predicted molar refractivity (Wildman–Crippen MR) is 120 cm³/mol. The zero-order valence-corrected chi connectivity index (χ0v) is 19.1. The van der Waals surface area contributed by atoms with Gasteiger partial charge in [0.1, 0.15) is 5.75 Å². The van der Waals surface area contributed by atoms with Gasteiger partial charge in [-0.2, -0.15) is 0 Å². The second kappa shape index (κ2) is 10.5. The number of amides is 1. The summed E-state index contributed by atoms with van der Waals surface area (Å²) < 4.78 is 38.4. The number of piperidine rings is 1. The molecule has 9 heteroatoms. The Morgan fingerprint density at radius 2 is 1.91 bits per heavy atom. The van der Waals surface area contributed by atoms with Crippen LogP contribution in [0, 0.1) is 0 Å². The number of carbonyl (C=O) groups excluding carboxylic acids is 2. The number of hydrogen-bond donors (Lipinski definition) is 1. The molecule has 0 aromatic heterocycles. The van der Waals surface area contributed by atoms with Crippen molar-refractivity contribution in [2.24, 2.45) is 0 Å². The third-order valence-electron chi connectivity index (χ3n) is 5.48. The molecule has 1 aliphatic rings.